The Morgan fingerprint density at radius 3 is 2.17 bits per heavy atom. The Balaban J connectivity index is 2.16. The number of hydrogen-bond donors (Lipinski definition) is 2. The highest BCUT2D eigenvalue weighted by Crippen LogP contribution is 2.55. The largest absolute Gasteiger partial charge is 0.497 e. The minimum absolute atomic E-state index is 0.0873. The Bertz CT molecular complexity index is 1420. The van der Waals surface area contributed by atoms with E-state index in [2.05, 4.69) is 10.3 Å². The average Bonchev–Trinajstić information content (AvgIpc) is 2.78. The van der Waals surface area contributed by atoms with E-state index in [1.165, 1.54) is 24.2 Å². The number of fused-ring (bicyclic) bond motifs is 1. The second-order valence-electron chi connectivity index (χ2n) is 7.32. The highest BCUT2D eigenvalue weighted by molar-refractivity contribution is 6.10. The molecule has 0 fully saturated rings. The molecule has 0 bridgehead atoms. The maximum Gasteiger partial charge on any atom is 0.427 e. The first-order valence-corrected chi connectivity index (χ1v) is 9.60. The number of alkyl halides is 6. The van der Waals surface area contributed by atoms with Crippen LogP contribution in [0.2, 0.25) is 0 Å². The molecule has 0 atom stereocenters. The molecule has 0 saturated carbocycles. The third-order valence-electron chi connectivity index (χ3n) is 5.24. The lowest BCUT2D eigenvalue weighted by Crippen LogP contribution is -2.59. The Morgan fingerprint density at radius 2 is 1.60 bits per heavy atom. The lowest BCUT2D eigenvalue weighted by molar-refractivity contribution is -0.301. The highest BCUT2D eigenvalue weighted by atomic mass is 19.4. The molecule has 0 saturated heterocycles. The number of halogens is 7. The SMILES string of the molecule is COc1cccc(C2=NC(C(F)(F)F)(C(F)(F)F)c3c(n(-c4ccc(F)cc4)c(=O)[nH]c3=O)N2)c1. The molecule has 3 aromatic rings. The Hall–Kier alpha value is -4.10. The molecule has 4 rings (SSSR count). The molecule has 0 radical (unpaired) electrons. The van der Waals surface area contributed by atoms with Crippen LogP contribution in [-0.2, 0) is 5.54 Å². The third kappa shape index (κ3) is 3.74. The summed E-state index contributed by atoms with van der Waals surface area (Å²) in [4.78, 5) is 29.6. The number of rotatable bonds is 3. The first kappa shape index (κ1) is 24.0. The van der Waals surface area contributed by atoms with Gasteiger partial charge >= 0.3 is 18.0 Å². The first-order chi connectivity index (χ1) is 16.3. The van der Waals surface area contributed by atoms with E-state index in [4.69, 9.17) is 4.74 Å². The normalized spacial score (nSPS) is 15.1. The number of aromatic nitrogens is 2. The molecule has 1 aromatic heterocycles. The van der Waals surface area contributed by atoms with E-state index in [-0.39, 0.29) is 17.0 Å². The lowest BCUT2D eigenvalue weighted by atomic mass is 9.87. The monoisotopic (exact) mass is 502 g/mol. The molecule has 1 aliphatic rings. The van der Waals surface area contributed by atoms with Gasteiger partial charge in [0.25, 0.3) is 11.1 Å². The van der Waals surface area contributed by atoms with Crippen LogP contribution in [0.15, 0.2) is 63.1 Å². The Morgan fingerprint density at radius 1 is 0.971 bits per heavy atom. The van der Waals surface area contributed by atoms with E-state index in [0.29, 0.717) is 4.57 Å². The summed E-state index contributed by atoms with van der Waals surface area (Å²) in [5, 5.41) is 2.27. The number of amidine groups is 1. The van der Waals surface area contributed by atoms with Gasteiger partial charge in [-0.1, -0.05) is 12.1 Å². The molecule has 0 aliphatic carbocycles. The van der Waals surface area contributed by atoms with Crippen LogP contribution in [0.1, 0.15) is 11.1 Å². The van der Waals surface area contributed by atoms with Crippen LogP contribution in [0, 0.1) is 5.82 Å². The molecule has 35 heavy (non-hydrogen) atoms. The van der Waals surface area contributed by atoms with Gasteiger partial charge in [-0.2, -0.15) is 26.3 Å². The predicted octanol–water partition coefficient (Wildman–Crippen LogP) is 3.87. The van der Waals surface area contributed by atoms with Gasteiger partial charge in [0, 0.05) is 5.56 Å². The van der Waals surface area contributed by atoms with Crippen molar-refractivity contribution in [2.24, 2.45) is 4.99 Å². The van der Waals surface area contributed by atoms with Crippen molar-refractivity contribution in [2.45, 2.75) is 17.9 Å². The van der Waals surface area contributed by atoms with Crippen molar-refractivity contribution in [1.29, 1.82) is 0 Å². The van der Waals surface area contributed by atoms with Gasteiger partial charge in [0.05, 0.1) is 12.8 Å². The third-order valence-corrected chi connectivity index (χ3v) is 5.24. The number of nitrogens with zero attached hydrogens (tertiary/aromatic N) is 2. The zero-order valence-corrected chi connectivity index (χ0v) is 17.4. The number of aromatic amines is 1. The molecule has 184 valence electrons. The average molecular weight is 502 g/mol. The number of H-pyrrole nitrogens is 1. The van der Waals surface area contributed by atoms with Gasteiger partial charge in [0.2, 0.25) is 0 Å². The van der Waals surface area contributed by atoms with Crippen LogP contribution in [0.3, 0.4) is 0 Å². The summed E-state index contributed by atoms with van der Waals surface area (Å²) >= 11 is 0. The minimum Gasteiger partial charge on any atom is -0.497 e. The van der Waals surface area contributed by atoms with Crippen LogP contribution < -0.4 is 21.3 Å². The lowest BCUT2D eigenvalue weighted by Gasteiger charge is -2.38. The van der Waals surface area contributed by atoms with Gasteiger partial charge in [-0.3, -0.25) is 9.78 Å². The van der Waals surface area contributed by atoms with Crippen LogP contribution in [0.5, 0.6) is 5.75 Å². The van der Waals surface area contributed by atoms with E-state index < -0.39 is 52.2 Å². The van der Waals surface area contributed by atoms with Gasteiger partial charge in [0.15, 0.2) is 0 Å². The summed E-state index contributed by atoms with van der Waals surface area (Å²) in [5.41, 5.74) is -10.8. The number of aliphatic imine (C=N–C) groups is 1. The number of hydrogen-bond acceptors (Lipinski definition) is 5. The van der Waals surface area contributed by atoms with E-state index >= 15 is 0 Å². The molecule has 2 heterocycles. The number of benzene rings is 2. The molecule has 14 heteroatoms. The summed E-state index contributed by atoms with van der Waals surface area (Å²) in [5.74, 6) is -2.77. The summed E-state index contributed by atoms with van der Waals surface area (Å²) < 4.78 is 105. The highest BCUT2D eigenvalue weighted by Gasteiger charge is 2.75. The van der Waals surface area contributed by atoms with Gasteiger partial charge < -0.3 is 10.1 Å². The van der Waals surface area contributed by atoms with Crippen molar-refractivity contribution in [2.75, 3.05) is 12.4 Å². The molecule has 0 amide bonds. The molecule has 7 nitrogen and oxygen atoms in total. The zero-order chi connectivity index (χ0) is 25.8. The summed E-state index contributed by atoms with van der Waals surface area (Å²) in [6.45, 7) is 0. The quantitative estimate of drug-likeness (QED) is 0.533. The van der Waals surface area contributed by atoms with E-state index in [9.17, 15) is 40.3 Å². The fourth-order valence-electron chi connectivity index (χ4n) is 3.67. The second kappa shape index (κ2) is 7.99. The molecular formula is C21H13F7N4O3. The summed E-state index contributed by atoms with van der Waals surface area (Å²) in [7, 11) is 1.23. The van der Waals surface area contributed by atoms with Gasteiger partial charge in [-0.15, -0.1) is 0 Å². The topological polar surface area (TPSA) is 88.5 Å². The number of methoxy groups -OCH3 is 1. The Kier molecular flexibility index (Phi) is 5.49. The molecule has 1 aliphatic heterocycles. The van der Waals surface area contributed by atoms with Gasteiger partial charge in [-0.25, -0.2) is 18.7 Å². The van der Waals surface area contributed by atoms with Gasteiger partial charge in [0.1, 0.15) is 28.8 Å². The van der Waals surface area contributed by atoms with Crippen LogP contribution in [-0.4, -0.2) is 34.8 Å². The van der Waals surface area contributed by atoms with Crippen LogP contribution in [0.25, 0.3) is 5.69 Å². The maximum atomic E-state index is 14.3. The standard InChI is InChI=1S/C21H13F7N4O3/c1-35-13-4-2-3-10(9-13)15-29-16-14(19(31-15,20(23,24)25)21(26,27)28)17(33)30-18(34)32(16)12-7-5-11(22)6-8-12/h2-9H,1H3,(H,29,31)(H,30,33,34). The fraction of sp³-hybridized carbons (Fsp3) is 0.190. The zero-order valence-electron chi connectivity index (χ0n) is 17.4. The molecule has 0 unspecified atom stereocenters. The number of nitrogens with one attached hydrogen (secondary N) is 2. The van der Waals surface area contributed by atoms with Crippen molar-refractivity contribution in [3.8, 4) is 11.4 Å². The number of ether oxygens (including phenoxy) is 1. The number of anilines is 1. The Labute approximate surface area is 190 Å². The summed E-state index contributed by atoms with van der Waals surface area (Å²) in [6, 6.07) is 8.50. The van der Waals surface area contributed by atoms with Gasteiger partial charge in [-0.05, 0) is 36.4 Å². The van der Waals surface area contributed by atoms with Crippen molar-refractivity contribution in [3.05, 3.63) is 86.3 Å². The fourth-order valence-corrected chi connectivity index (χ4v) is 3.67. The molecule has 2 N–H and O–H groups in total. The van der Waals surface area contributed by atoms with Crippen LogP contribution >= 0.6 is 0 Å². The van der Waals surface area contributed by atoms with Crippen LogP contribution in [0.4, 0.5) is 36.6 Å². The van der Waals surface area contributed by atoms with Crippen molar-refractivity contribution in [1.82, 2.24) is 9.55 Å². The molecular weight excluding hydrogens is 489 g/mol. The predicted molar refractivity (Wildman–Crippen MR) is 110 cm³/mol. The van der Waals surface area contributed by atoms with Crippen molar-refractivity contribution >= 4 is 11.7 Å². The molecule has 0 spiro atoms. The van der Waals surface area contributed by atoms with Crippen molar-refractivity contribution < 1.29 is 35.5 Å². The van der Waals surface area contributed by atoms with Crippen molar-refractivity contribution in [3.63, 3.8) is 0 Å². The maximum absolute atomic E-state index is 14.3. The molecule has 2 aromatic carbocycles. The minimum atomic E-state index is -6.16. The van der Waals surface area contributed by atoms with E-state index in [1.54, 1.807) is 0 Å². The second-order valence-corrected chi connectivity index (χ2v) is 7.32. The first-order valence-electron chi connectivity index (χ1n) is 9.60. The summed E-state index contributed by atoms with van der Waals surface area (Å²) in [6.07, 6.45) is -12.3. The smallest absolute Gasteiger partial charge is 0.427 e. The van der Waals surface area contributed by atoms with E-state index in [0.717, 1.165) is 36.4 Å². The van der Waals surface area contributed by atoms with E-state index in [1.807, 2.05) is 0 Å².